The molecule has 1 heterocycles. The Kier molecular flexibility index (Phi) is 1.63. The Hall–Kier alpha value is -1.49. The van der Waals surface area contributed by atoms with Crippen LogP contribution in [0.15, 0.2) is 12.1 Å². The molecule has 74 valence electrons. The van der Waals surface area contributed by atoms with Crippen LogP contribution < -0.4 is 5.32 Å². The van der Waals surface area contributed by atoms with Crippen LogP contribution in [0.5, 0.6) is 0 Å². The maximum absolute atomic E-state index is 13.1. The minimum atomic E-state index is -1.79. The van der Waals surface area contributed by atoms with E-state index in [0.29, 0.717) is 0 Å². The predicted octanol–water partition coefficient (Wildman–Crippen LogP) is 1.12. The number of hydrogen-bond acceptors (Lipinski definition) is 2. The highest BCUT2D eigenvalue weighted by Gasteiger charge is 2.42. The summed E-state index contributed by atoms with van der Waals surface area (Å²) < 4.78 is 25.9. The summed E-state index contributed by atoms with van der Waals surface area (Å²) in [7, 11) is 0. The fourth-order valence-corrected chi connectivity index (χ4v) is 1.44. The lowest BCUT2D eigenvalue weighted by molar-refractivity contribution is -0.131. The highest BCUT2D eigenvalue weighted by Crippen LogP contribution is 2.37. The monoisotopic (exact) mass is 199 g/mol. The number of benzene rings is 1. The number of amides is 1. The number of hydrogen-bond donors (Lipinski definition) is 2. The second-order valence-electron chi connectivity index (χ2n) is 3.31. The summed E-state index contributed by atoms with van der Waals surface area (Å²) in [4.78, 5) is 11.2. The Balaban J connectivity index is 2.70. The first-order chi connectivity index (χ1) is 6.44. The van der Waals surface area contributed by atoms with E-state index in [9.17, 15) is 18.7 Å². The molecule has 1 aromatic carbocycles. The molecule has 0 fully saturated rings. The minimum Gasteiger partial charge on any atom is -0.375 e. The Bertz CT molecular complexity index is 429. The van der Waals surface area contributed by atoms with Crippen LogP contribution in [0, 0.1) is 11.6 Å². The molecule has 0 bridgehead atoms. The second-order valence-corrected chi connectivity index (χ2v) is 3.31. The predicted molar refractivity (Wildman–Crippen MR) is 44.6 cm³/mol. The number of halogens is 2. The van der Waals surface area contributed by atoms with Gasteiger partial charge in [-0.1, -0.05) is 6.07 Å². The third-order valence-corrected chi connectivity index (χ3v) is 2.30. The molecular weight excluding hydrogens is 192 g/mol. The molecule has 0 spiro atoms. The van der Waals surface area contributed by atoms with E-state index in [-0.39, 0.29) is 11.3 Å². The van der Waals surface area contributed by atoms with Crippen molar-refractivity contribution in [2.24, 2.45) is 0 Å². The summed E-state index contributed by atoms with van der Waals surface area (Å²) >= 11 is 0. The van der Waals surface area contributed by atoms with Gasteiger partial charge in [0.25, 0.3) is 5.91 Å². The van der Waals surface area contributed by atoms with Crippen LogP contribution in [0.2, 0.25) is 0 Å². The lowest BCUT2D eigenvalue weighted by Crippen LogP contribution is -2.30. The molecule has 1 aromatic rings. The molecule has 5 heteroatoms. The van der Waals surface area contributed by atoms with Crippen LogP contribution in [0.3, 0.4) is 0 Å². The zero-order chi connectivity index (χ0) is 10.5. The Morgan fingerprint density at radius 2 is 2.07 bits per heavy atom. The third kappa shape index (κ3) is 0.957. The van der Waals surface area contributed by atoms with Crippen LogP contribution in [-0.2, 0) is 10.4 Å². The molecule has 0 aliphatic carbocycles. The molecule has 2 rings (SSSR count). The highest BCUT2D eigenvalue weighted by molar-refractivity contribution is 6.04. The molecule has 0 radical (unpaired) electrons. The van der Waals surface area contributed by atoms with E-state index >= 15 is 0 Å². The molecule has 0 saturated carbocycles. The zero-order valence-electron chi connectivity index (χ0n) is 7.27. The van der Waals surface area contributed by atoms with Crippen LogP contribution >= 0.6 is 0 Å². The highest BCUT2D eigenvalue weighted by atomic mass is 19.2. The van der Waals surface area contributed by atoms with Gasteiger partial charge in [-0.3, -0.25) is 4.79 Å². The van der Waals surface area contributed by atoms with Crippen molar-refractivity contribution in [3.05, 3.63) is 29.3 Å². The number of carbonyl (C=O) groups is 1. The van der Waals surface area contributed by atoms with Crippen molar-refractivity contribution in [2.45, 2.75) is 12.5 Å². The fraction of sp³-hybridized carbons (Fsp3) is 0.222. The quantitative estimate of drug-likeness (QED) is 0.657. The first kappa shape index (κ1) is 9.08. The van der Waals surface area contributed by atoms with Crippen molar-refractivity contribution in [1.29, 1.82) is 0 Å². The molecule has 1 aliphatic rings. The summed E-state index contributed by atoms with van der Waals surface area (Å²) in [5, 5.41) is 11.7. The molecule has 14 heavy (non-hydrogen) atoms. The van der Waals surface area contributed by atoms with Gasteiger partial charge in [-0.15, -0.1) is 0 Å². The molecule has 1 amide bonds. The van der Waals surface area contributed by atoms with E-state index in [2.05, 4.69) is 5.32 Å². The molecule has 1 aliphatic heterocycles. The lowest BCUT2D eigenvalue weighted by Gasteiger charge is -2.13. The van der Waals surface area contributed by atoms with Crippen LogP contribution in [0.1, 0.15) is 12.5 Å². The van der Waals surface area contributed by atoms with Crippen molar-refractivity contribution < 1.29 is 18.7 Å². The van der Waals surface area contributed by atoms with E-state index in [1.807, 2.05) is 0 Å². The Morgan fingerprint density at radius 3 is 2.71 bits per heavy atom. The van der Waals surface area contributed by atoms with Gasteiger partial charge in [0, 0.05) is 5.56 Å². The Labute approximate surface area is 78.4 Å². The van der Waals surface area contributed by atoms with Crippen molar-refractivity contribution in [3.63, 3.8) is 0 Å². The largest absolute Gasteiger partial charge is 0.375 e. The van der Waals surface area contributed by atoms with Gasteiger partial charge in [-0.25, -0.2) is 8.78 Å². The number of carbonyl (C=O) groups excluding carboxylic acids is 1. The number of nitrogens with one attached hydrogen (secondary N) is 1. The lowest BCUT2D eigenvalue weighted by atomic mass is 9.98. The summed E-state index contributed by atoms with van der Waals surface area (Å²) in [6.45, 7) is 1.23. The average Bonchev–Trinajstić information content (AvgIpc) is 2.33. The van der Waals surface area contributed by atoms with Crippen molar-refractivity contribution in [3.8, 4) is 0 Å². The van der Waals surface area contributed by atoms with Gasteiger partial charge < -0.3 is 10.4 Å². The molecule has 1 unspecified atom stereocenters. The van der Waals surface area contributed by atoms with Gasteiger partial charge in [-0.05, 0) is 13.0 Å². The summed E-state index contributed by atoms with van der Waals surface area (Å²) in [5.41, 5.74) is -2.01. The maximum atomic E-state index is 13.1. The topological polar surface area (TPSA) is 49.3 Å². The molecule has 0 saturated heterocycles. The maximum Gasteiger partial charge on any atom is 0.260 e. The van der Waals surface area contributed by atoms with Gasteiger partial charge >= 0.3 is 0 Å². The van der Waals surface area contributed by atoms with E-state index in [1.165, 1.54) is 13.0 Å². The van der Waals surface area contributed by atoms with Crippen molar-refractivity contribution in [2.75, 3.05) is 5.32 Å². The third-order valence-electron chi connectivity index (χ3n) is 2.30. The van der Waals surface area contributed by atoms with Gasteiger partial charge in [0.15, 0.2) is 17.2 Å². The van der Waals surface area contributed by atoms with E-state index in [4.69, 9.17) is 0 Å². The molecular formula is C9H7F2NO2. The van der Waals surface area contributed by atoms with Gasteiger partial charge in [0.05, 0.1) is 5.69 Å². The standard InChI is InChI=1S/C9H7F2NO2/c1-9(14)4-2-3-5(10)6(11)7(4)12-8(9)13/h2-3,14H,1H3,(H,12,13). The number of aliphatic hydroxyl groups is 1. The first-order valence-corrected chi connectivity index (χ1v) is 3.97. The van der Waals surface area contributed by atoms with Crippen LogP contribution in [0.4, 0.5) is 14.5 Å². The van der Waals surface area contributed by atoms with E-state index in [1.54, 1.807) is 0 Å². The summed E-state index contributed by atoms with van der Waals surface area (Å²) in [6, 6.07) is 2.06. The SMILES string of the molecule is CC1(O)C(=O)Nc2c1ccc(F)c2F. The number of anilines is 1. The minimum absolute atomic E-state index is 0.0569. The molecule has 0 aromatic heterocycles. The van der Waals surface area contributed by atoms with Gasteiger partial charge in [0.1, 0.15) is 0 Å². The molecule has 1 atom stereocenters. The molecule has 3 nitrogen and oxygen atoms in total. The Morgan fingerprint density at radius 1 is 1.43 bits per heavy atom. The summed E-state index contributed by atoms with van der Waals surface area (Å²) in [6.07, 6.45) is 0. The first-order valence-electron chi connectivity index (χ1n) is 3.97. The average molecular weight is 199 g/mol. The van der Waals surface area contributed by atoms with Crippen LogP contribution in [-0.4, -0.2) is 11.0 Å². The smallest absolute Gasteiger partial charge is 0.260 e. The normalized spacial score (nSPS) is 24.7. The fourth-order valence-electron chi connectivity index (χ4n) is 1.44. The zero-order valence-corrected chi connectivity index (χ0v) is 7.27. The van der Waals surface area contributed by atoms with Crippen molar-refractivity contribution >= 4 is 11.6 Å². The van der Waals surface area contributed by atoms with E-state index < -0.39 is 23.1 Å². The summed E-state index contributed by atoms with van der Waals surface area (Å²) in [5.74, 6) is -2.95. The van der Waals surface area contributed by atoms with Crippen molar-refractivity contribution in [1.82, 2.24) is 0 Å². The van der Waals surface area contributed by atoms with Crippen LogP contribution in [0.25, 0.3) is 0 Å². The number of fused-ring (bicyclic) bond motifs is 1. The van der Waals surface area contributed by atoms with Gasteiger partial charge in [-0.2, -0.15) is 0 Å². The van der Waals surface area contributed by atoms with E-state index in [0.717, 1.165) is 6.07 Å². The molecule has 2 N–H and O–H groups in total. The second kappa shape index (κ2) is 2.51. The van der Waals surface area contributed by atoms with Gasteiger partial charge in [0.2, 0.25) is 0 Å². The number of rotatable bonds is 0.